The first-order valence-corrected chi connectivity index (χ1v) is 12.0. The van der Waals surface area contributed by atoms with E-state index in [1.165, 1.54) is 50.5 Å². The Kier molecular flexibility index (Phi) is 12.8. The van der Waals surface area contributed by atoms with Crippen LogP contribution < -0.4 is 4.74 Å². The van der Waals surface area contributed by atoms with Gasteiger partial charge in [-0.05, 0) is 37.7 Å². The topological polar surface area (TPSA) is 44.2 Å². The summed E-state index contributed by atoms with van der Waals surface area (Å²) in [5, 5.41) is 0. The van der Waals surface area contributed by atoms with Crippen molar-refractivity contribution in [2.45, 2.75) is 84.5 Å². The molecule has 1 heterocycles. The smallest absolute Gasteiger partial charge is 0.159 e. The van der Waals surface area contributed by atoms with Crippen LogP contribution in [0.2, 0.25) is 0 Å². The van der Waals surface area contributed by atoms with E-state index in [-0.39, 0.29) is 0 Å². The molecule has 0 saturated carbocycles. The molecule has 30 heavy (non-hydrogen) atoms. The number of hydrogen-bond acceptors (Lipinski definition) is 4. The molecule has 4 nitrogen and oxygen atoms in total. The summed E-state index contributed by atoms with van der Waals surface area (Å²) >= 11 is 0. The minimum Gasteiger partial charge on any atom is -0.490 e. The number of aromatic nitrogens is 2. The molecule has 0 amide bonds. The van der Waals surface area contributed by atoms with Gasteiger partial charge in [0, 0.05) is 18.8 Å². The lowest BCUT2D eigenvalue weighted by Gasteiger charge is -2.07. The number of benzene rings is 1. The van der Waals surface area contributed by atoms with Gasteiger partial charge >= 0.3 is 0 Å². The molecular weight excluding hydrogens is 372 g/mol. The molecule has 166 valence electrons. The van der Waals surface area contributed by atoms with Crippen molar-refractivity contribution in [3.05, 3.63) is 42.2 Å². The zero-order valence-corrected chi connectivity index (χ0v) is 19.1. The molecule has 0 atom stereocenters. The minimum atomic E-state index is 0.744. The number of unbranched alkanes of at least 4 members (excludes halogenated alkanes) is 7. The largest absolute Gasteiger partial charge is 0.490 e. The van der Waals surface area contributed by atoms with Crippen LogP contribution in [-0.4, -0.2) is 29.8 Å². The fourth-order valence-electron chi connectivity index (χ4n) is 3.39. The van der Waals surface area contributed by atoms with Crippen LogP contribution in [0.15, 0.2) is 36.7 Å². The summed E-state index contributed by atoms with van der Waals surface area (Å²) in [5.74, 6) is 1.51. The fourth-order valence-corrected chi connectivity index (χ4v) is 3.39. The second kappa shape index (κ2) is 15.8. The van der Waals surface area contributed by atoms with Gasteiger partial charge in [-0.2, -0.15) is 0 Å². The van der Waals surface area contributed by atoms with Crippen LogP contribution in [0.25, 0.3) is 11.4 Å². The molecule has 0 spiro atoms. The standard InChI is InChI=1S/C26H40N2O2/c1-3-5-6-7-8-12-20-30-25-21-27-26(28-22-25)24-16-14-23(15-17-24)13-10-9-11-19-29-18-4-2/h14-17,21-22H,3-13,18-20H2,1-2H3. The van der Waals surface area contributed by atoms with Crippen molar-refractivity contribution in [3.8, 4) is 17.1 Å². The van der Waals surface area contributed by atoms with Gasteiger partial charge in [-0.15, -0.1) is 0 Å². The molecule has 0 N–H and O–H groups in total. The van der Waals surface area contributed by atoms with E-state index >= 15 is 0 Å². The van der Waals surface area contributed by atoms with Crippen LogP contribution in [0.1, 0.15) is 83.6 Å². The van der Waals surface area contributed by atoms with Crippen LogP contribution in [0, 0.1) is 0 Å². The first-order chi connectivity index (χ1) is 14.8. The average molecular weight is 413 g/mol. The lowest BCUT2D eigenvalue weighted by molar-refractivity contribution is 0.130. The highest BCUT2D eigenvalue weighted by Crippen LogP contribution is 2.18. The Labute approximate surface area is 183 Å². The Balaban J connectivity index is 1.65. The monoisotopic (exact) mass is 412 g/mol. The van der Waals surface area contributed by atoms with Crippen molar-refractivity contribution in [3.63, 3.8) is 0 Å². The molecule has 0 aliphatic rings. The molecule has 0 aliphatic carbocycles. The van der Waals surface area contributed by atoms with Gasteiger partial charge < -0.3 is 9.47 Å². The molecular formula is C26H40N2O2. The third kappa shape index (κ3) is 10.2. The Bertz CT molecular complexity index is 596. The highest BCUT2D eigenvalue weighted by molar-refractivity contribution is 5.55. The van der Waals surface area contributed by atoms with Gasteiger partial charge in [-0.3, -0.25) is 0 Å². The number of aryl methyl sites for hydroxylation is 1. The summed E-state index contributed by atoms with van der Waals surface area (Å²) in [7, 11) is 0. The van der Waals surface area contributed by atoms with Crippen molar-refractivity contribution < 1.29 is 9.47 Å². The van der Waals surface area contributed by atoms with E-state index in [2.05, 4.69) is 48.1 Å². The van der Waals surface area contributed by atoms with E-state index < -0.39 is 0 Å². The maximum atomic E-state index is 5.77. The maximum absolute atomic E-state index is 5.77. The third-order valence-electron chi connectivity index (χ3n) is 5.21. The molecule has 0 bridgehead atoms. The Morgan fingerprint density at radius 3 is 2.07 bits per heavy atom. The Hall–Kier alpha value is -1.94. The molecule has 1 aromatic carbocycles. The number of ether oxygens (including phenoxy) is 2. The van der Waals surface area contributed by atoms with Crippen LogP contribution in [0.4, 0.5) is 0 Å². The van der Waals surface area contributed by atoms with Gasteiger partial charge in [-0.1, -0.05) is 76.6 Å². The predicted molar refractivity (Wildman–Crippen MR) is 125 cm³/mol. The van der Waals surface area contributed by atoms with E-state index in [0.29, 0.717) is 0 Å². The number of nitrogens with zero attached hydrogens (tertiary/aromatic N) is 2. The van der Waals surface area contributed by atoms with Crippen LogP contribution in [0.3, 0.4) is 0 Å². The molecule has 0 aliphatic heterocycles. The van der Waals surface area contributed by atoms with E-state index in [9.17, 15) is 0 Å². The normalized spacial score (nSPS) is 11.0. The summed E-state index contributed by atoms with van der Waals surface area (Å²) in [6, 6.07) is 8.61. The molecule has 2 aromatic rings. The average Bonchev–Trinajstić information content (AvgIpc) is 2.79. The van der Waals surface area contributed by atoms with Crippen molar-refractivity contribution in [2.75, 3.05) is 19.8 Å². The number of hydrogen-bond donors (Lipinski definition) is 0. The molecule has 1 aromatic heterocycles. The summed E-state index contributed by atoms with van der Waals surface area (Å²) < 4.78 is 11.3. The van der Waals surface area contributed by atoms with Gasteiger partial charge in [0.2, 0.25) is 0 Å². The van der Waals surface area contributed by atoms with E-state index in [1.54, 1.807) is 12.4 Å². The zero-order chi connectivity index (χ0) is 21.3. The molecule has 0 radical (unpaired) electrons. The SMILES string of the molecule is CCCCCCCCOc1cnc(-c2ccc(CCCCCOCCC)cc2)nc1. The van der Waals surface area contributed by atoms with Crippen LogP contribution in [0.5, 0.6) is 5.75 Å². The maximum Gasteiger partial charge on any atom is 0.159 e. The van der Waals surface area contributed by atoms with Crippen molar-refractivity contribution in [1.82, 2.24) is 9.97 Å². The molecule has 0 saturated heterocycles. The first kappa shape index (κ1) is 24.3. The van der Waals surface area contributed by atoms with Crippen molar-refractivity contribution >= 4 is 0 Å². The molecule has 0 unspecified atom stereocenters. The Morgan fingerprint density at radius 1 is 0.667 bits per heavy atom. The minimum absolute atomic E-state index is 0.744. The van der Waals surface area contributed by atoms with Crippen LogP contribution in [-0.2, 0) is 11.2 Å². The van der Waals surface area contributed by atoms with Gasteiger partial charge in [0.25, 0.3) is 0 Å². The van der Waals surface area contributed by atoms with Gasteiger partial charge in [0.05, 0.1) is 19.0 Å². The summed E-state index contributed by atoms with van der Waals surface area (Å²) in [6.45, 7) is 6.91. The Morgan fingerprint density at radius 2 is 1.33 bits per heavy atom. The highest BCUT2D eigenvalue weighted by Gasteiger charge is 2.03. The predicted octanol–water partition coefficient (Wildman–Crippen LogP) is 7.02. The molecule has 0 fully saturated rings. The van der Waals surface area contributed by atoms with Crippen molar-refractivity contribution in [1.29, 1.82) is 0 Å². The van der Waals surface area contributed by atoms with Gasteiger partial charge in [-0.25, -0.2) is 9.97 Å². The third-order valence-corrected chi connectivity index (χ3v) is 5.21. The molecule has 4 heteroatoms. The second-order valence-electron chi connectivity index (χ2n) is 7.98. The summed E-state index contributed by atoms with van der Waals surface area (Å²) in [6.07, 6.45) is 17.0. The zero-order valence-electron chi connectivity index (χ0n) is 19.1. The lowest BCUT2D eigenvalue weighted by atomic mass is 10.0. The van der Waals surface area contributed by atoms with E-state index in [0.717, 1.165) is 62.6 Å². The highest BCUT2D eigenvalue weighted by atomic mass is 16.5. The second-order valence-corrected chi connectivity index (χ2v) is 7.98. The first-order valence-electron chi connectivity index (χ1n) is 12.0. The molecule has 2 rings (SSSR count). The summed E-state index contributed by atoms with van der Waals surface area (Å²) in [5.41, 5.74) is 2.42. The van der Waals surface area contributed by atoms with E-state index in [1.807, 2.05) is 0 Å². The van der Waals surface area contributed by atoms with Gasteiger partial charge in [0.1, 0.15) is 0 Å². The van der Waals surface area contributed by atoms with Crippen LogP contribution >= 0.6 is 0 Å². The fraction of sp³-hybridized carbons (Fsp3) is 0.615. The lowest BCUT2D eigenvalue weighted by Crippen LogP contribution is -1.99. The summed E-state index contributed by atoms with van der Waals surface area (Å²) in [4.78, 5) is 8.96. The quantitative estimate of drug-likeness (QED) is 0.262. The van der Waals surface area contributed by atoms with Gasteiger partial charge in [0.15, 0.2) is 11.6 Å². The van der Waals surface area contributed by atoms with Crippen molar-refractivity contribution in [2.24, 2.45) is 0 Å². The van der Waals surface area contributed by atoms with E-state index in [4.69, 9.17) is 9.47 Å². The number of rotatable bonds is 17.